The van der Waals surface area contributed by atoms with Crippen LogP contribution in [0.15, 0.2) is 24.3 Å². The first-order chi connectivity index (χ1) is 10.1. The summed E-state index contributed by atoms with van der Waals surface area (Å²) in [5.41, 5.74) is 7.39. The lowest BCUT2D eigenvalue weighted by molar-refractivity contribution is 0.534. The smallest absolute Gasteiger partial charge is 0.132 e. The summed E-state index contributed by atoms with van der Waals surface area (Å²) in [6.45, 7) is 4.20. The normalized spacial score (nSPS) is 16.0. The standard InChI is InChI=1S/C17H22FN3/c1-11(2)21-16(19)15(13-9-5-6-10-14(13)18)20-17(21)12-7-3-4-8-12/h5-6,9-12H,3-4,7-8,19H2,1-2H3. The van der Waals surface area contributed by atoms with Gasteiger partial charge in [0.05, 0.1) is 0 Å². The average Bonchev–Trinajstić information content (AvgIpc) is 3.06. The molecule has 0 bridgehead atoms. The van der Waals surface area contributed by atoms with Crippen molar-refractivity contribution in [3.63, 3.8) is 0 Å². The number of nitrogens with two attached hydrogens (primary N) is 1. The van der Waals surface area contributed by atoms with Crippen LogP contribution in [0.4, 0.5) is 10.2 Å². The van der Waals surface area contributed by atoms with Gasteiger partial charge in [0.1, 0.15) is 23.2 Å². The van der Waals surface area contributed by atoms with Gasteiger partial charge in [-0.05, 0) is 38.8 Å². The van der Waals surface area contributed by atoms with Crippen molar-refractivity contribution in [2.24, 2.45) is 0 Å². The second-order valence-electron chi connectivity index (χ2n) is 6.13. The van der Waals surface area contributed by atoms with E-state index in [-0.39, 0.29) is 11.9 Å². The van der Waals surface area contributed by atoms with E-state index in [1.807, 2.05) is 6.07 Å². The number of imidazole rings is 1. The second-order valence-corrected chi connectivity index (χ2v) is 6.13. The van der Waals surface area contributed by atoms with Crippen LogP contribution in [-0.4, -0.2) is 9.55 Å². The van der Waals surface area contributed by atoms with Gasteiger partial charge in [0.2, 0.25) is 0 Å². The zero-order valence-electron chi connectivity index (χ0n) is 12.6. The van der Waals surface area contributed by atoms with Crippen LogP contribution in [0.3, 0.4) is 0 Å². The molecule has 1 aliphatic rings. The molecule has 1 fully saturated rings. The molecule has 0 unspecified atom stereocenters. The number of nitrogen functional groups attached to an aromatic ring is 1. The Hall–Kier alpha value is -1.84. The fraction of sp³-hybridized carbons (Fsp3) is 0.471. The van der Waals surface area contributed by atoms with Gasteiger partial charge in [-0.3, -0.25) is 0 Å². The molecule has 0 aliphatic heterocycles. The van der Waals surface area contributed by atoms with Crippen LogP contribution in [0, 0.1) is 5.82 Å². The fourth-order valence-corrected chi connectivity index (χ4v) is 3.33. The van der Waals surface area contributed by atoms with E-state index < -0.39 is 0 Å². The maximum atomic E-state index is 14.1. The van der Waals surface area contributed by atoms with Crippen LogP contribution in [0.5, 0.6) is 0 Å². The van der Waals surface area contributed by atoms with Crippen molar-refractivity contribution >= 4 is 5.82 Å². The van der Waals surface area contributed by atoms with Gasteiger partial charge in [-0.1, -0.05) is 25.0 Å². The van der Waals surface area contributed by atoms with Gasteiger partial charge in [0, 0.05) is 17.5 Å². The van der Waals surface area contributed by atoms with Crippen molar-refractivity contribution in [2.45, 2.75) is 51.5 Å². The van der Waals surface area contributed by atoms with Crippen molar-refractivity contribution in [3.8, 4) is 11.3 Å². The minimum Gasteiger partial charge on any atom is -0.383 e. The van der Waals surface area contributed by atoms with Gasteiger partial charge in [0.25, 0.3) is 0 Å². The van der Waals surface area contributed by atoms with Crippen LogP contribution < -0.4 is 5.73 Å². The average molecular weight is 287 g/mol. The lowest BCUT2D eigenvalue weighted by atomic mass is 10.1. The first-order valence-corrected chi connectivity index (χ1v) is 7.72. The zero-order chi connectivity index (χ0) is 15.0. The van der Waals surface area contributed by atoms with E-state index in [4.69, 9.17) is 10.7 Å². The number of nitrogens with zero attached hydrogens (tertiary/aromatic N) is 2. The number of anilines is 1. The van der Waals surface area contributed by atoms with E-state index >= 15 is 0 Å². The minimum atomic E-state index is -0.268. The van der Waals surface area contributed by atoms with Crippen LogP contribution in [0.2, 0.25) is 0 Å². The predicted molar refractivity (Wildman–Crippen MR) is 83.6 cm³/mol. The minimum absolute atomic E-state index is 0.230. The molecule has 1 aromatic carbocycles. The molecule has 21 heavy (non-hydrogen) atoms. The van der Waals surface area contributed by atoms with E-state index in [0.717, 1.165) is 18.7 Å². The summed E-state index contributed by atoms with van der Waals surface area (Å²) in [5, 5.41) is 0. The van der Waals surface area contributed by atoms with Crippen LogP contribution in [-0.2, 0) is 0 Å². The Morgan fingerprint density at radius 1 is 1.24 bits per heavy atom. The summed E-state index contributed by atoms with van der Waals surface area (Å²) in [7, 11) is 0. The molecule has 4 heteroatoms. The molecular formula is C17H22FN3. The molecule has 2 N–H and O–H groups in total. The molecule has 0 saturated heterocycles. The SMILES string of the molecule is CC(C)n1c(C2CCCC2)nc(-c2ccccc2F)c1N. The summed E-state index contributed by atoms with van der Waals surface area (Å²) in [4.78, 5) is 4.74. The van der Waals surface area contributed by atoms with Crippen molar-refractivity contribution < 1.29 is 4.39 Å². The van der Waals surface area contributed by atoms with Crippen LogP contribution >= 0.6 is 0 Å². The highest BCUT2D eigenvalue weighted by molar-refractivity contribution is 5.71. The van der Waals surface area contributed by atoms with Crippen molar-refractivity contribution in [1.29, 1.82) is 0 Å². The van der Waals surface area contributed by atoms with Crippen molar-refractivity contribution in [1.82, 2.24) is 9.55 Å². The third-order valence-corrected chi connectivity index (χ3v) is 4.34. The Morgan fingerprint density at radius 3 is 2.52 bits per heavy atom. The van der Waals surface area contributed by atoms with E-state index in [1.54, 1.807) is 12.1 Å². The highest BCUT2D eigenvalue weighted by atomic mass is 19.1. The van der Waals surface area contributed by atoms with E-state index in [2.05, 4.69) is 18.4 Å². The predicted octanol–water partition coefficient (Wildman–Crippen LogP) is 4.51. The molecule has 2 aromatic rings. The molecule has 1 heterocycles. The molecule has 0 radical (unpaired) electrons. The van der Waals surface area contributed by atoms with Crippen LogP contribution in [0.1, 0.15) is 57.3 Å². The fourth-order valence-electron chi connectivity index (χ4n) is 3.33. The summed E-state index contributed by atoms with van der Waals surface area (Å²) in [6.07, 6.45) is 4.79. The van der Waals surface area contributed by atoms with Crippen LogP contribution in [0.25, 0.3) is 11.3 Å². The number of benzene rings is 1. The van der Waals surface area contributed by atoms with Crippen molar-refractivity contribution in [3.05, 3.63) is 35.9 Å². The number of hydrogen-bond acceptors (Lipinski definition) is 2. The molecule has 3 rings (SSSR count). The topological polar surface area (TPSA) is 43.8 Å². The Morgan fingerprint density at radius 2 is 1.90 bits per heavy atom. The zero-order valence-corrected chi connectivity index (χ0v) is 12.6. The summed E-state index contributed by atoms with van der Waals surface area (Å²) in [5.74, 6) is 1.79. The summed E-state index contributed by atoms with van der Waals surface area (Å²) < 4.78 is 16.2. The molecule has 0 spiro atoms. The highest BCUT2D eigenvalue weighted by Gasteiger charge is 2.27. The van der Waals surface area contributed by atoms with E-state index in [1.165, 1.54) is 18.9 Å². The second kappa shape index (κ2) is 5.51. The van der Waals surface area contributed by atoms with Gasteiger partial charge in [0.15, 0.2) is 0 Å². The molecule has 1 aromatic heterocycles. The Bertz CT molecular complexity index is 639. The van der Waals surface area contributed by atoms with Gasteiger partial charge in [-0.2, -0.15) is 0 Å². The lowest BCUT2D eigenvalue weighted by Gasteiger charge is -2.17. The monoisotopic (exact) mass is 287 g/mol. The first-order valence-electron chi connectivity index (χ1n) is 7.72. The molecule has 1 aliphatic carbocycles. The number of hydrogen-bond donors (Lipinski definition) is 1. The van der Waals surface area contributed by atoms with Gasteiger partial charge >= 0.3 is 0 Å². The van der Waals surface area contributed by atoms with Crippen molar-refractivity contribution in [2.75, 3.05) is 5.73 Å². The number of halogens is 1. The lowest BCUT2D eigenvalue weighted by Crippen LogP contribution is -2.11. The molecular weight excluding hydrogens is 265 g/mol. The molecule has 0 amide bonds. The largest absolute Gasteiger partial charge is 0.383 e. The maximum Gasteiger partial charge on any atom is 0.132 e. The molecule has 112 valence electrons. The molecule has 1 saturated carbocycles. The third kappa shape index (κ3) is 2.43. The summed E-state index contributed by atoms with van der Waals surface area (Å²) in [6, 6.07) is 6.94. The molecule has 3 nitrogen and oxygen atoms in total. The maximum absolute atomic E-state index is 14.1. The molecule has 0 atom stereocenters. The van der Waals surface area contributed by atoms with E-state index in [0.29, 0.717) is 23.0 Å². The van der Waals surface area contributed by atoms with Gasteiger partial charge < -0.3 is 10.3 Å². The quantitative estimate of drug-likeness (QED) is 0.902. The van der Waals surface area contributed by atoms with E-state index in [9.17, 15) is 4.39 Å². The first kappa shape index (κ1) is 14.1. The highest BCUT2D eigenvalue weighted by Crippen LogP contribution is 2.39. The Balaban J connectivity index is 2.14. The third-order valence-electron chi connectivity index (χ3n) is 4.34. The Labute approximate surface area is 125 Å². The van der Waals surface area contributed by atoms with Gasteiger partial charge in [-0.15, -0.1) is 0 Å². The number of rotatable bonds is 3. The number of aromatic nitrogens is 2. The Kier molecular flexibility index (Phi) is 3.70. The summed E-state index contributed by atoms with van der Waals surface area (Å²) >= 11 is 0. The van der Waals surface area contributed by atoms with Gasteiger partial charge in [-0.25, -0.2) is 9.37 Å².